The van der Waals surface area contributed by atoms with Gasteiger partial charge in [-0.25, -0.2) is 4.98 Å². The van der Waals surface area contributed by atoms with Crippen LogP contribution in [0.4, 0.5) is 0 Å². The molecule has 0 bridgehead atoms. The maximum absolute atomic E-state index is 11.6. The monoisotopic (exact) mass is 227 g/mol. The molecule has 0 saturated carbocycles. The molecule has 2 aromatic heterocycles. The topological polar surface area (TPSA) is 81.8 Å². The van der Waals surface area contributed by atoms with E-state index in [2.05, 4.69) is 15.0 Å². The Balaban J connectivity index is 2.25. The van der Waals surface area contributed by atoms with Crippen LogP contribution in [0, 0.1) is 0 Å². The van der Waals surface area contributed by atoms with Gasteiger partial charge in [0.15, 0.2) is 5.43 Å². The van der Waals surface area contributed by atoms with E-state index in [1.54, 1.807) is 30.6 Å². The Morgan fingerprint density at radius 1 is 1.24 bits per heavy atom. The molecule has 2 heterocycles. The second-order valence-corrected chi connectivity index (χ2v) is 3.71. The number of phenolic OH excluding ortho intramolecular Hbond substituents is 1. The number of H-pyrrole nitrogens is 2. The van der Waals surface area contributed by atoms with E-state index >= 15 is 0 Å². The van der Waals surface area contributed by atoms with Crippen LogP contribution in [0.15, 0.2) is 41.5 Å². The number of phenols is 1. The largest absolute Gasteiger partial charge is 0.508 e. The molecule has 0 fully saturated rings. The zero-order chi connectivity index (χ0) is 11.8. The van der Waals surface area contributed by atoms with Crippen LogP contribution in [0.5, 0.6) is 5.75 Å². The molecule has 0 radical (unpaired) electrons. The number of imidazole rings is 1. The standard InChI is InChI=1S/C12H9N3O2/c16-7-1-2-9-10(5-7)15-12(14-9)8-6-13-4-3-11(8)17/h1-6,16H,(H,13,17)(H,14,15). The minimum atomic E-state index is -0.105. The summed E-state index contributed by atoms with van der Waals surface area (Å²) in [6.45, 7) is 0. The third-order valence-electron chi connectivity index (χ3n) is 2.54. The molecule has 84 valence electrons. The molecule has 1 aromatic carbocycles. The van der Waals surface area contributed by atoms with E-state index in [9.17, 15) is 9.90 Å². The van der Waals surface area contributed by atoms with Gasteiger partial charge in [0.05, 0.1) is 16.6 Å². The Kier molecular flexibility index (Phi) is 1.98. The summed E-state index contributed by atoms with van der Waals surface area (Å²) in [4.78, 5) is 21.8. The molecule has 17 heavy (non-hydrogen) atoms. The quantitative estimate of drug-likeness (QED) is 0.590. The van der Waals surface area contributed by atoms with Crippen LogP contribution in [0.3, 0.4) is 0 Å². The minimum Gasteiger partial charge on any atom is -0.508 e. The van der Waals surface area contributed by atoms with Crippen LogP contribution in [0.1, 0.15) is 0 Å². The molecule has 0 aliphatic carbocycles. The lowest BCUT2D eigenvalue weighted by Gasteiger charge is -1.92. The van der Waals surface area contributed by atoms with Crippen LogP contribution < -0.4 is 5.43 Å². The van der Waals surface area contributed by atoms with E-state index in [0.717, 1.165) is 0 Å². The fourth-order valence-corrected chi connectivity index (χ4v) is 1.73. The molecular weight excluding hydrogens is 218 g/mol. The van der Waals surface area contributed by atoms with Crippen molar-refractivity contribution in [2.24, 2.45) is 0 Å². The van der Waals surface area contributed by atoms with Gasteiger partial charge in [0.2, 0.25) is 0 Å². The molecule has 3 N–H and O–H groups in total. The average molecular weight is 227 g/mol. The number of hydrogen-bond acceptors (Lipinski definition) is 3. The normalized spacial score (nSPS) is 10.8. The Bertz CT molecular complexity index is 743. The van der Waals surface area contributed by atoms with E-state index in [1.165, 1.54) is 6.07 Å². The highest BCUT2D eigenvalue weighted by atomic mass is 16.3. The second-order valence-electron chi connectivity index (χ2n) is 3.71. The molecule has 0 aliphatic heterocycles. The number of nitrogens with one attached hydrogen (secondary N) is 2. The first-order chi connectivity index (χ1) is 8.24. The molecule has 0 atom stereocenters. The highest BCUT2D eigenvalue weighted by Gasteiger charge is 2.08. The number of rotatable bonds is 1. The van der Waals surface area contributed by atoms with Crippen molar-refractivity contribution in [1.29, 1.82) is 0 Å². The van der Waals surface area contributed by atoms with Crippen molar-refractivity contribution >= 4 is 11.0 Å². The number of aromatic hydroxyl groups is 1. The average Bonchev–Trinajstić information content (AvgIpc) is 2.72. The van der Waals surface area contributed by atoms with Crippen molar-refractivity contribution in [2.75, 3.05) is 0 Å². The van der Waals surface area contributed by atoms with Gasteiger partial charge in [0, 0.05) is 24.5 Å². The SMILES string of the molecule is O=c1cc[nH]cc1-c1nc2ccc(O)cc2[nH]1. The zero-order valence-electron chi connectivity index (χ0n) is 8.77. The third-order valence-corrected chi connectivity index (χ3v) is 2.54. The van der Waals surface area contributed by atoms with Crippen molar-refractivity contribution < 1.29 is 5.11 Å². The third kappa shape index (κ3) is 1.57. The van der Waals surface area contributed by atoms with Crippen LogP contribution >= 0.6 is 0 Å². The summed E-state index contributed by atoms with van der Waals surface area (Å²) in [7, 11) is 0. The summed E-state index contributed by atoms with van der Waals surface area (Å²) in [5.41, 5.74) is 1.78. The molecule has 5 heteroatoms. The Labute approximate surface area is 95.8 Å². The van der Waals surface area contributed by atoms with Gasteiger partial charge in [-0.15, -0.1) is 0 Å². The van der Waals surface area contributed by atoms with E-state index in [-0.39, 0.29) is 11.2 Å². The van der Waals surface area contributed by atoms with E-state index in [0.29, 0.717) is 22.4 Å². The number of pyridine rings is 1. The zero-order valence-corrected chi connectivity index (χ0v) is 8.77. The van der Waals surface area contributed by atoms with Crippen LogP contribution in [-0.2, 0) is 0 Å². The van der Waals surface area contributed by atoms with Crippen LogP contribution in [-0.4, -0.2) is 20.1 Å². The number of hydrogen-bond donors (Lipinski definition) is 3. The Morgan fingerprint density at radius 2 is 2.12 bits per heavy atom. The lowest BCUT2D eigenvalue weighted by molar-refractivity contribution is 0.476. The lowest BCUT2D eigenvalue weighted by atomic mass is 10.2. The summed E-state index contributed by atoms with van der Waals surface area (Å²) in [6, 6.07) is 6.27. The van der Waals surface area contributed by atoms with Crippen LogP contribution in [0.25, 0.3) is 22.4 Å². The predicted molar refractivity (Wildman–Crippen MR) is 63.8 cm³/mol. The smallest absolute Gasteiger partial charge is 0.192 e. The second kappa shape index (κ2) is 3.48. The van der Waals surface area contributed by atoms with Gasteiger partial charge in [-0.2, -0.15) is 0 Å². The molecule has 0 amide bonds. The van der Waals surface area contributed by atoms with Gasteiger partial charge in [-0.1, -0.05) is 0 Å². The first-order valence-corrected chi connectivity index (χ1v) is 5.10. The first-order valence-electron chi connectivity index (χ1n) is 5.10. The Morgan fingerprint density at radius 3 is 2.94 bits per heavy atom. The van der Waals surface area contributed by atoms with Gasteiger partial charge in [-0.05, 0) is 12.1 Å². The number of nitrogens with zero attached hydrogens (tertiary/aromatic N) is 1. The molecular formula is C12H9N3O2. The van der Waals surface area contributed by atoms with Crippen molar-refractivity contribution in [3.05, 3.63) is 46.9 Å². The summed E-state index contributed by atoms with van der Waals surface area (Å²) in [6.07, 6.45) is 3.17. The maximum atomic E-state index is 11.6. The highest BCUT2D eigenvalue weighted by molar-refractivity contribution is 5.80. The molecule has 0 aliphatic rings. The van der Waals surface area contributed by atoms with Gasteiger partial charge < -0.3 is 15.1 Å². The first kappa shape index (κ1) is 9.65. The van der Waals surface area contributed by atoms with Crippen molar-refractivity contribution in [3.63, 3.8) is 0 Å². The summed E-state index contributed by atoms with van der Waals surface area (Å²) in [5.74, 6) is 0.655. The van der Waals surface area contributed by atoms with E-state index in [1.807, 2.05) is 0 Å². The lowest BCUT2D eigenvalue weighted by Crippen LogP contribution is -2.03. The summed E-state index contributed by atoms with van der Waals surface area (Å²) < 4.78 is 0. The van der Waals surface area contributed by atoms with Crippen molar-refractivity contribution in [2.45, 2.75) is 0 Å². The number of benzene rings is 1. The van der Waals surface area contributed by atoms with Gasteiger partial charge in [0.1, 0.15) is 11.6 Å². The number of aromatic nitrogens is 3. The fourth-order valence-electron chi connectivity index (χ4n) is 1.73. The van der Waals surface area contributed by atoms with Crippen molar-refractivity contribution in [1.82, 2.24) is 15.0 Å². The van der Waals surface area contributed by atoms with Crippen molar-refractivity contribution in [3.8, 4) is 17.1 Å². The fraction of sp³-hybridized carbons (Fsp3) is 0. The molecule has 0 saturated heterocycles. The maximum Gasteiger partial charge on any atom is 0.192 e. The number of fused-ring (bicyclic) bond motifs is 1. The molecule has 3 rings (SSSR count). The van der Waals surface area contributed by atoms with Gasteiger partial charge >= 0.3 is 0 Å². The van der Waals surface area contributed by atoms with E-state index < -0.39 is 0 Å². The molecule has 3 aromatic rings. The minimum absolute atomic E-state index is 0.105. The highest BCUT2D eigenvalue weighted by Crippen LogP contribution is 2.20. The number of aromatic amines is 2. The van der Waals surface area contributed by atoms with E-state index in [4.69, 9.17) is 0 Å². The molecule has 0 spiro atoms. The Hall–Kier alpha value is -2.56. The van der Waals surface area contributed by atoms with Crippen LogP contribution in [0.2, 0.25) is 0 Å². The van der Waals surface area contributed by atoms with Gasteiger partial charge in [0.25, 0.3) is 0 Å². The summed E-state index contributed by atoms with van der Waals surface area (Å²) in [5, 5.41) is 9.35. The summed E-state index contributed by atoms with van der Waals surface area (Å²) >= 11 is 0. The predicted octanol–water partition coefficient (Wildman–Crippen LogP) is 1.62. The van der Waals surface area contributed by atoms with Gasteiger partial charge in [-0.3, -0.25) is 4.79 Å². The molecule has 0 unspecified atom stereocenters. The molecule has 5 nitrogen and oxygen atoms in total.